The van der Waals surface area contributed by atoms with Crippen LogP contribution in [0.15, 0.2) is 42.5 Å². The summed E-state index contributed by atoms with van der Waals surface area (Å²) in [4.78, 5) is 0. The maximum Gasteiger partial charge on any atom is 0.0555 e. The van der Waals surface area contributed by atoms with E-state index in [-0.39, 0.29) is 0 Å². The molecule has 0 N–H and O–H groups in total. The number of rotatable bonds is 6. The Morgan fingerprint density at radius 1 is 1.06 bits per heavy atom. The second-order valence-corrected chi connectivity index (χ2v) is 10.4. The van der Waals surface area contributed by atoms with Gasteiger partial charge in [0.15, 0.2) is 0 Å². The van der Waals surface area contributed by atoms with E-state index in [1.54, 1.807) is 0 Å². The largest absolute Gasteiger partial charge is 0.0912 e. The van der Waals surface area contributed by atoms with Crippen LogP contribution >= 0.6 is 0 Å². The first-order valence-corrected chi connectivity index (χ1v) is 9.74. The highest BCUT2D eigenvalue weighted by molar-refractivity contribution is 6.77. The highest BCUT2D eigenvalue weighted by atomic mass is 28.3. The number of unbranched alkanes of at least 4 members (excludes halogenated alkanes) is 1. The van der Waals surface area contributed by atoms with Crippen molar-refractivity contribution in [3.8, 4) is 0 Å². The molecule has 0 aromatic heterocycles. The van der Waals surface area contributed by atoms with E-state index < -0.39 is 8.07 Å². The molecule has 16 heavy (non-hydrogen) atoms. The molecule has 0 bridgehead atoms. The van der Waals surface area contributed by atoms with Crippen molar-refractivity contribution in [2.75, 3.05) is 0 Å². The molecule has 0 saturated heterocycles. The predicted molar refractivity (Wildman–Crippen MR) is 76.5 cm³/mol. The molecule has 0 aliphatic carbocycles. The van der Waals surface area contributed by atoms with Crippen molar-refractivity contribution in [2.24, 2.45) is 0 Å². The average molecular weight is 232 g/mol. The number of hydrogen-bond donors (Lipinski definition) is 0. The number of allylic oxidation sites excluding steroid dienone is 2. The van der Waals surface area contributed by atoms with E-state index in [1.165, 1.54) is 30.5 Å². The standard InChI is InChI=1S/C15H24Si/c1-4-5-6-10-13-16(2,3)14-15-11-8-7-9-12-15/h6-12H,4-5,13-14H2,1-3H3/b10-6-. The summed E-state index contributed by atoms with van der Waals surface area (Å²) in [7, 11) is -1.08. The zero-order valence-electron chi connectivity index (χ0n) is 10.9. The zero-order chi connectivity index (χ0) is 11.9. The summed E-state index contributed by atoms with van der Waals surface area (Å²) in [5.74, 6) is 0. The van der Waals surface area contributed by atoms with Crippen LogP contribution < -0.4 is 0 Å². The molecule has 0 saturated carbocycles. The van der Waals surface area contributed by atoms with E-state index >= 15 is 0 Å². The summed E-state index contributed by atoms with van der Waals surface area (Å²) < 4.78 is 0. The van der Waals surface area contributed by atoms with Crippen LogP contribution in [0.1, 0.15) is 25.3 Å². The number of hydrogen-bond acceptors (Lipinski definition) is 0. The molecular formula is C15H24Si. The molecule has 1 rings (SSSR count). The highest BCUT2D eigenvalue weighted by Crippen LogP contribution is 2.17. The summed E-state index contributed by atoms with van der Waals surface area (Å²) >= 11 is 0. The lowest BCUT2D eigenvalue weighted by Crippen LogP contribution is -2.28. The van der Waals surface area contributed by atoms with Crippen molar-refractivity contribution in [1.82, 2.24) is 0 Å². The Hall–Kier alpha value is -0.823. The first kappa shape index (κ1) is 13.2. The minimum atomic E-state index is -1.08. The summed E-state index contributed by atoms with van der Waals surface area (Å²) in [6.07, 6.45) is 7.24. The molecule has 1 aromatic carbocycles. The van der Waals surface area contributed by atoms with Crippen LogP contribution in [0.2, 0.25) is 19.1 Å². The van der Waals surface area contributed by atoms with Crippen molar-refractivity contribution in [3.05, 3.63) is 48.0 Å². The SMILES string of the molecule is CCC/C=C\C[Si](C)(C)Cc1ccccc1. The van der Waals surface area contributed by atoms with Gasteiger partial charge in [-0.2, -0.15) is 0 Å². The molecule has 0 unspecified atom stereocenters. The zero-order valence-corrected chi connectivity index (χ0v) is 11.9. The van der Waals surface area contributed by atoms with Crippen LogP contribution in [0.25, 0.3) is 0 Å². The van der Waals surface area contributed by atoms with Gasteiger partial charge in [-0.1, -0.05) is 74.5 Å². The summed E-state index contributed by atoms with van der Waals surface area (Å²) in [5.41, 5.74) is 1.50. The molecule has 0 aliphatic heterocycles. The second kappa shape index (κ2) is 6.69. The van der Waals surface area contributed by atoms with E-state index in [0.717, 1.165) is 0 Å². The minimum absolute atomic E-state index is 1.08. The Bertz CT molecular complexity index is 311. The van der Waals surface area contributed by atoms with Crippen LogP contribution in [0.5, 0.6) is 0 Å². The van der Waals surface area contributed by atoms with E-state index in [0.29, 0.717) is 0 Å². The van der Waals surface area contributed by atoms with Gasteiger partial charge in [0.1, 0.15) is 0 Å². The molecule has 1 aromatic rings. The smallest absolute Gasteiger partial charge is 0.0555 e. The van der Waals surface area contributed by atoms with Crippen LogP contribution in [0.4, 0.5) is 0 Å². The fourth-order valence-electron chi connectivity index (χ4n) is 1.91. The third-order valence-corrected chi connectivity index (χ3v) is 5.52. The lowest BCUT2D eigenvalue weighted by Gasteiger charge is -2.20. The van der Waals surface area contributed by atoms with Crippen molar-refractivity contribution >= 4 is 8.07 Å². The molecule has 0 amide bonds. The molecule has 0 radical (unpaired) electrons. The molecule has 1 heteroatoms. The van der Waals surface area contributed by atoms with Crippen molar-refractivity contribution < 1.29 is 0 Å². The lowest BCUT2D eigenvalue weighted by atomic mass is 10.2. The van der Waals surface area contributed by atoms with Crippen LogP contribution in [-0.2, 0) is 6.04 Å². The fourth-order valence-corrected chi connectivity index (χ4v) is 4.20. The van der Waals surface area contributed by atoms with Gasteiger partial charge in [0.2, 0.25) is 0 Å². The molecule has 0 spiro atoms. The summed E-state index contributed by atoms with van der Waals surface area (Å²) in [5, 5.41) is 0. The Labute approximate surface area is 101 Å². The Morgan fingerprint density at radius 3 is 2.38 bits per heavy atom. The van der Waals surface area contributed by atoms with Crippen molar-refractivity contribution in [3.63, 3.8) is 0 Å². The van der Waals surface area contributed by atoms with Gasteiger partial charge in [0.05, 0.1) is 8.07 Å². The van der Waals surface area contributed by atoms with Gasteiger partial charge < -0.3 is 0 Å². The molecule has 0 fully saturated rings. The quantitative estimate of drug-likeness (QED) is 0.486. The molecule has 0 atom stereocenters. The maximum atomic E-state index is 2.48. The van der Waals surface area contributed by atoms with Gasteiger partial charge in [-0.05, 0) is 18.5 Å². The third kappa shape index (κ3) is 5.31. The molecule has 0 aliphatic rings. The van der Waals surface area contributed by atoms with Crippen LogP contribution in [0, 0.1) is 0 Å². The van der Waals surface area contributed by atoms with Gasteiger partial charge in [0, 0.05) is 0 Å². The minimum Gasteiger partial charge on any atom is -0.0912 e. The highest BCUT2D eigenvalue weighted by Gasteiger charge is 2.18. The Morgan fingerprint density at radius 2 is 1.75 bits per heavy atom. The molecule has 0 nitrogen and oxygen atoms in total. The van der Waals surface area contributed by atoms with Gasteiger partial charge in [0.25, 0.3) is 0 Å². The molecule has 0 heterocycles. The maximum absolute atomic E-state index is 2.48. The Balaban J connectivity index is 2.45. The molecular weight excluding hydrogens is 208 g/mol. The van der Waals surface area contributed by atoms with E-state index in [2.05, 4.69) is 62.5 Å². The van der Waals surface area contributed by atoms with Gasteiger partial charge in [-0.15, -0.1) is 0 Å². The fraction of sp³-hybridized carbons (Fsp3) is 0.467. The van der Waals surface area contributed by atoms with E-state index in [9.17, 15) is 0 Å². The van der Waals surface area contributed by atoms with Crippen molar-refractivity contribution in [1.29, 1.82) is 0 Å². The average Bonchev–Trinajstić information content (AvgIpc) is 2.25. The van der Waals surface area contributed by atoms with Crippen LogP contribution in [-0.4, -0.2) is 8.07 Å². The normalized spacial score (nSPS) is 12.2. The van der Waals surface area contributed by atoms with Crippen molar-refractivity contribution in [2.45, 2.75) is 44.9 Å². The van der Waals surface area contributed by atoms with Gasteiger partial charge in [-0.3, -0.25) is 0 Å². The summed E-state index contributed by atoms with van der Waals surface area (Å²) in [6, 6.07) is 13.5. The Kier molecular flexibility index (Phi) is 5.54. The van der Waals surface area contributed by atoms with Gasteiger partial charge in [-0.25, -0.2) is 0 Å². The first-order valence-electron chi connectivity index (χ1n) is 6.33. The number of benzene rings is 1. The first-order chi connectivity index (χ1) is 7.64. The third-order valence-electron chi connectivity index (χ3n) is 2.82. The van der Waals surface area contributed by atoms with Crippen LogP contribution in [0.3, 0.4) is 0 Å². The predicted octanol–water partition coefficient (Wildman–Crippen LogP) is 4.83. The molecule has 88 valence electrons. The topological polar surface area (TPSA) is 0 Å². The monoisotopic (exact) mass is 232 g/mol. The van der Waals surface area contributed by atoms with Gasteiger partial charge >= 0.3 is 0 Å². The van der Waals surface area contributed by atoms with E-state index in [1.807, 2.05) is 0 Å². The second-order valence-electron chi connectivity index (χ2n) is 5.29. The van der Waals surface area contributed by atoms with E-state index in [4.69, 9.17) is 0 Å². The lowest BCUT2D eigenvalue weighted by molar-refractivity contribution is 0.956. The summed E-state index contributed by atoms with van der Waals surface area (Å²) in [6.45, 7) is 7.20.